The van der Waals surface area contributed by atoms with Gasteiger partial charge in [-0.2, -0.15) is 0 Å². The Morgan fingerprint density at radius 1 is 0.375 bits per heavy atom. The Hall–Kier alpha value is -4.12. The molecule has 4 saturated heterocycles. The average Bonchev–Trinajstić information content (AvgIpc) is 0.867. The number of carbonyl (C=O) groups is 6. The van der Waals surface area contributed by atoms with E-state index < -0.39 is 76.5 Å². The molecule has 16 heteroatoms. The zero-order chi connectivity index (χ0) is 66.2. The molecule has 4 aliphatic rings. The fourth-order valence-electron chi connectivity index (χ4n) is 16.7. The number of aryl methyl sites for hydroxylation is 3. The lowest BCUT2D eigenvalue weighted by molar-refractivity contribution is -0.186. The van der Waals surface area contributed by atoms with E-state index in [0.717, 1.165) is 29.5 Å². The van der Waals surface area contributed by atoms with Gasteiger partial charge in [-0.1, -0.05) is 77.5 Å². The Morgan fingerprint density at radius 2 is 0.614 bits per heavy atom. The maximum atomic E-state index is 15.3. The Balaban J connectivity index is 1.54. The molecule has 4 fully saturated rings. The smallest absolute Gasteiger partial charge is 0.323 e. The third-order valence-electron chi connectivity index (χ3n) is 19.4. The molecule has 6 N–H and O–H groups in total. The van der Waals surface area contributed by atoms with E-state index in [1.807, 2.05) is 13.8 Å². The second kappa shape index (κ2) is 29.2. The van der Waals surface area contributed by atoms with Gasteiger partial charge in [0.25, 0.3) is 0 Å². The first kappa shape index (κ1) is 74.6. The third kappa shape index (κ3) is 20.7. The Morgan fingerprint density at radius 3 is 0.886 bits per heavy atom. The molecule has 0 amide bonds. The number of ether oxygens (including phenoxy) is 4. The molecule has 0 bridgehead atoms. The molecule has 0 aromatic heterocycles. The highest BCUT2D eigenvalue weighted by molar-refractivity contribution is 6.01. The maximum Gasteiger partial charge on any atom is 0.323 e. The minimum atomic E-state index is -1.95. The summed E-state index contributed by atoms with van der Waals surface area (Å²) in [5, 5.41) is 35.8. The highest BCUT2D eigenvalue weighted by Crippen LogP contribution is 2.43. The lowest BCUT2D eigenvalue weighted by Crippen LogP contribution is -2.61. The number of hydrogen-bond acceptors (Lipinski definition) is 14. The number of piperidine rings is 4. The molecule has 1 aromatic rings. The predicted molar refractivity (Wildman–Crippen MR) is 348 cm³/mol. The molecular weight excluding hydrogens is 1110 g/mol. The van der Waals surface area contributed by atoms with Gasteiger partial charge in [0.15, 0.2) is 16.2 Å². The van der Waals surface area contributed by atoms with Crippen molar-refractivity contribution in [1.82, 2.24) is 21.3 Å². The largest absolute Gasteiger partial charge is 0.480 e. The van der Waals surface area contributed by atoms with E-state index in [1.165, 1.54) is 0 Å². The number of nitrogens with one attached hydrogen (secondary N) is 4. The van der Waals surface area contributed by atoms with Crippen LogP contribution in [0.1, 0.15) is 296 Å². The zero-order valence-electron chi connectivity index (χ0n) is 58.4. The Bertz CT molecular complexity index is 2380. The number of hydrogen-bond donors (Lipinski definition) is 6. The van der Waals surface area contributed by atoms with Crippen LogP contribution < -0.4 is 21.3 Å². The maximum absolute atomic E-state index is 15.3. The molecule has 0 radical (unpaired) electrons. The van der Waals surface area contributed by atoms with E-state index in [1.54, 1.807) is 0 Å². The van der Waals surface area contributed by atoms with E-state index >= 15 is 19.2 Å². The van der Waals surface area contributed by atoms with Crippen molar-refractivity contribution in [2.75, 3.05) is 0 Å². The second-order valence-electron chi connectivity index (χ2n) is 33.1. The van der Waals surface area contributed by atoms with Crippen molar-refractivity contribution in [3.05, 3.63) is 34.9 Å². The van der Waals surface area contributed by atoms with E-state index in [4.69, 9.17) is 18.9 Å². The van der Waals surface area contributed by atoms with Gasteiger partial charge in [0.1, 0.15) is 24.4 Å². The third-order valence-corrected chi connectivity index (χ3v) is 19.4. The number of carbonyl (C=O) groups excluding carboxylic acids is 4. The van der Waals surface area contributed by atoms with Crippen molar-refractivity contribution in [3.8, 4) is 0 Å². The summed E-state index contributed by atoms with van der Waals surface area (Å²) in [5.74, 6) is -4.86. The highest BCUT2D eigenvalue weighted by atomic mass is 16.6. The highest BCUT2D eigenvalue weighted by Gasteiger charge is 2.54. The topological polar surface area (TPSA) is 228 Å². The van der Waals surface area contributed by atoms with Gasteiger partial charge in [-0.3, -0.25) is 28.8 Å². The molecule has 16 nitrogen and oxygen atoms in total. The molecule has 4 aliphatic heterocycles. The van der Waals surface area contributed by atoms with Crippen LogP contribution in [0, 0.1) is 16.2 Å². The van der Waals surface area contributed by atoms with E-state index in [9.17, 15) is 19.8 Å². The molecule has 5 rings (SSSR count). The molecular formula is C72H122N4O12. The summed E-state index contributed by atoms with van der Waals surface area (Å²) in [6.45, 7) is 39.7. The van der Waals surface area contributed by atoms with Crippen LogP contribution in [-0.2, 0) is 67.0 Å². The van der Waals surface area contributed by atoms with Gasteiger partial charge in [-0.25, -0.2) is 0 Å². The molecule has 0 atom stereocenters. The first-order valence-electron chi connectivity index (χ1n) is 34.1. The van der Waals surface area contributed by atoms with Crippen LogP contribution in [0.3, 0.4) is 0 Å². The lowest BCUT2D eigenvalue weighted by Gasteiger charge is -2.47. The van der Waals surface area contributed by atoms with E-state index in [-0.39, 0.29) is 89.3 Å². The normalized spacial score (nSPS) is 21.9. The first-order valence-corrected chi connectivity index (χ1v) is 34.1. The van der Waals surface area contributed by atoms with Gasteiger partial charge in [0.2, 0.25) is 0 Å². The van der Waals surface area contributed by atoms with Crippen LogP contribution in [0.4, 0.5) is 0 Å². The molecule has 88 heavy (non-hydrogen) atoms. The Labute approximate surface area is 531 Å². The van der Waals surface area contributed by atoms with Crippen LogP contribution in [0.2, 0.25) is 0 Å². The second-order valence-corrected chi connectivity index (χ2v) is 33.1. The number of rotatable bonds is 31. The molecule has 0 aliphatic carbocycles. The number of unbranched alkanes of at least 4 members (excludes halogenated alkanes) is 3. The van der Waals surface area contributed by atoms with Gasteiger partial charge in [-0.15, -0.1) is 0 Å². The predicted octanol–water partition coefficient (Wildman–Crippen LogP) is 13.8. The minimum absolute atomic E-state index is 0.0107. The molecule has 502 valence electrons. The Kier molecular flexibility index (Phi) is 24.8. The van der Waals surface area contributed by atoms with E-state index in [0.29, 0.717) is 109 Å². The van der Waals surface area contributed by atoms with Crippen LogP contribution in [-0.4, -0.2) is 115 Å². The minimum Gasteiger partial charge on any atom is -0.480 e. The summed E-state index contributed by atoms with van der Waals surface area (Å²) in [6.07, 6.45) is 10.1. The molecule has 0 spiro atoms. The van der Waals surface area contributed by atoms with Gasteiger partial charge < -0.3 is 50.4 Å². The van der Waals surface area contributed by atoms with Crippen molar-refractivity contribution < 1.29 is 57.9 Å². The first-order chi connectivity index (χ1) is 40.5. The monoisotopic (exact) mass is 1230 g/mol. The average molecular weight is 1240 g/mol. The molecule has 0 saturated carbocycles. The van der Waals surface area contributed by atoms with Crippen molar-refractivity contribution in [2.45, 2.75) is 367 Å². The van der Waals surface area contributed by atoms with Gasteiger partial charge in [-0.05, 0) is 205 Å². The summed E-state index contributed by atoms with van der Waals surface area (Å²) in [4.78, 5) is 86.8. The summed E-state index contributed by atoms with van der Waals surface area (Å²) in [7, 11) is 0. The van der Waals surface area contributed by atoms with Crippen LogP contribution >= 0.6 is 0 Å². The fourth-order valence-corrected chi connectivity index (χ4v) is 16.7. The quantitative estimate of drug-likeness (QED) is 0.0231. The number of carboxylic acid groups (broad SMARTS) is 2. The summed E-state index contributed by atoms with van der Waals surface area (Å²) in [5.41, 5.74) is -4.86. The molecule has 1 aromatic carbocycles. The van der Waals surface area contributed by atoms with Crippen LogP contribution in [0.5, 0.6) is 0 Å². The zero-order valence-corrected chi connectivity index (χ0v) is 58.4. The lowest BCUT2D eigenvalue weighted by atomic mass is 9.76. The summed E-state index contributed by atoms with van der Waals surface area (Å²) < 4.78 is 26.3. The standard InChI is InChI=1S/C72H122N4O12/c1-20-23-34-70(56(77)78,57(79)80)37-28-31-51-40-49(29-26-38-71(35-24-21-2,58(81)85-52-41-62(4,5)73-63(6,7)42-52)59(82)86-53-43-64(8,9)74-65(10,11)44-53)32-33-50(51)30-27-39-72(36-25-22-3,60(83)87-54-45-66(12,13)75-67(14,15)46-54)61(84)88-55-47-68(16,17)76-69(18,19)48-55/h32-33,40,52-55,73-76H,20-31,34-39,41-48H2,1-19H3,(H,77,78)(H,79,80). The van der Waals surface area contributed by atoms with Crippen molar-refractivity contribution >= 4 is 35.8 Å². The SMILES string of the molecule is CCCCC(CCCc1cc(CCCC(CCCC)(C(=O)OC2CC(C)(C)NC(C)(C)C2)C(=O)OC2CC(C)(C)NC(C)(C)C2)ccc1CCCC(CCCC)(C(=O)OC1CC(C)(C)NC(C)(C)C1)C(=O)OC1CC(C)(C)NC(C)(C)C1)(C(=O)O)C(=O)O. The van der Waals surface area contributed by atoms with Crippen LogP contribution in [0.15, 0.2) is 18.2 Å². The molecule has 0 unspecified atom stereocenters. The van der Waals surface area contributed by atoms with Gasteiger partial charge in [0, 0.05) is 95.7 Å². The number of carboxylic acids is 2. The summed E-state index contributed by atoms with van der Waals surface area (Å²) in [6, 6.07) is 6.21. The van der Waals surface area contributed by atoms with Crippen molar-refractivity contribution in [3.63, 3.8) is 0 Å². The van der Waals surface area contributed by atoms with Gasteiger partial charge in [0.05, 0.1) is 0 Å². The number of esters is 4. The van der Waals surface area contributed by atoms with Gasteiger partial charge >= 0.3 is 35.8 Å². The van der Waals surface area contributed by atoms with Crippen molar-refractivity contribution in [1.29, 1.82) is 0 Å². The number of benzene rings is 1. The molecule has 4 heterocycles. The fraction of sp³-hybridized carbons (Fsp3) is 0.833. The van der Waals surface area contributed by atoms with E-state index in [2.05, 4.69) is 157 Å². The summed E-state index contributed by atoms with van der Waals surface area (Å²) >= 11 is 0. The van der Waals surface area contributed by atoms with Crippen LogP contribution in [0.25, 0.3) is 0 Å². The van der Waals surface area contributed by atoms with Crippen molar-refractivity contribution in [2.24, 2.45) is 16.2 Å². The number of aliphatic carboxylic acids is 2.